The minimum absolute atomic E-state index is 0.0624. The van der Waals surface area contributed by atoms with Gasteiger partial charge in [-0.3, -0.25) is 9.05 Å². The zero-order valence-corrected chi connectivity index (χ0v) is 25.3. The predicted octanol–water partition coefficient (Wildman–Crippen LogP) is 8.55. The Bertz CT molecular complexity index is 1410. The molecule has 4 atom stereocenters. The molecule has 1 N–H and O–H groups in total. The van der Waals surface area contributed by atoms with Crippen molar-refractivity contribution >= 4 is 7.82 Å². The Morgan fingerprint density at radius 1 is 0.732 bits per heavy atom. The summed E-state index contributed by atoms with van der Waals surface area (Å²) in [6, 6.07) is 36.1. The molecular formula is C35H41O5P. The molecule has 0 amide bonds. The van der Waals surface area contributed by atoms with Crippen LogP contribution in [0.5, 0.6) is 5.75 Å². The maximum Gasteiger partial charge on any atom is 0.472 e. The quantitative estimate of drug-likeness (QED) is 0.121. The lowest BCUT2D eigenvalue weighted by Crippen LogP contribution is -2.14. The van der Waals surface area contributed by atoms with Gasteiger partial charge in [0.15, 0.2) is 0 Å². The standard InChI is InChI=1S/C35H41O5P/c1-26(22-29-14-8-5-9-15-29)23-32-24-33(39-20-21-40-41(36,37)38-4)25-34(27(2)30-16-10-6-11-17-30)35(32)28(3)31-18-12-7-13-19-31/h5-19,24-28H,20-23H2,1-4H3,(H,36,37). The van der Waals surface area contributed by atoms with E-state index in [9.17, 15) is 9.46 Å². The van der Waals surface area contributed by atoms with Gasteiger partial charge < -0.3 is 9.63 Å². The van der Waals surface area contributed by atoms with Gasteiger partial charge in [-0.2, -0.15) is 0 Å². The summed E-state index contributed by atoms with van der Waals surface area (Å²) in [5, 5.41) is 0. The summed E-state index contributed by atoms with van der Waals surface area (Å²) in [7, 11) is -2.91. The summed E-state index contributed by atoms with van der Waals surface area (Å²) in [5.74, 6) is 1.43. The van der Waals surface area contributed by atoms with Gasteiger partial charge in [0.25, 0.3) is 0 Å². The van der Waals surface area contributed by atoms with Crippen LogP contribution in [0.3, 0.4) is 0 Å². The van der Waals surface area contributed by atoms with E-state index in [1.165, 1.54) is 33.4 Å². The second-order valence-electron chi connectivity index (χ2n) is 10.7. The molecule has 4 aromatic rings. The minimum Gasteiger partial charge on any atom is -0.491 e. The summed E-state index contributed by atoms with van der Waals surface area (Å²) in [6.07, 6.45) is 1.87. The molecular weight excluding hydrogens is 531 g/mol. The van der Waals surface area contributed by atoms with E-state index in [0.717, 1.165) is 25.7 Å². The van der Waals surface area contributed by atoms with E-state index in [1.807, 2.05) is 6.07 Å². The van der Waals surface area contributed by atoms with Gasteiger partial charge in [0.1, 0.15) is 12.4 Å². The molecule has 0 saturated heterocycles. The summed E-state index contributed by atoms with van der Waals surface area (Å²) >= 11 is 0. The molecule has 0 radical (unpaired) electrons. The van der Waals surface area contributed by atoms with E-state index in [4.69, 9.17) is 9.26 Å². The highest BCUT2D eigenvalue weighted by Gasteiger charge is 2.24. The summed E-state index contributed by atoms with van der Waals surface area (Å²) in [5.41, 5.74) is 7.63. The van der Waals surface area contributed by atoms with Crippen LogP contribution in [0.15, 0.2) is 103 Å². The lowest BCUT2D eigenvalue weighted by Gasteiger charge is -2.27. The topological polar surface area (TPSA) is 65.0 Å². The van der Waals surface area contributed by atoms with Gasteiger partial charge in [0.2, 0.25) is 0 Å². The molecule has 0 heterocycles. The summed E-state index contributed by atoms with van der Waals surface area (Å²) < 4.78 is 27.4. The van der Waals surface area contributed by atoms with Crippen LogP contribution >= 0.6 is 7.82 Å². The van der Waals surface area contributed by atoms with E-state index in [2.05, 4.69) is 122 Å². The molecule has 0 aliphatic rings. The monoisotopic (exact) mass is 572 g/mol. The molecule has 0 bridgehead atoms. The van der Waals surface area contributed by atoms with Gasteiger partial charge in [-0.05, 0) is 64.3 Å². The lowest BCUT2D eigenvalue weighted by molar-refractivity contribution is 0.145. The zero-order valence-electron chi connectivity index (χ0n) is 24.4. The molecule has 41 heavy (non-hydrogen) atoms. The van der Waals surface area contributed by atoms with Crippen molar-refractivity contribution in [1.82, 2.24) is 0 Å². The van der Waals surface area contributed by atoms with Crippen LogP contribution in [0.4, 0.5) is 0 Å². The Morgan fingerprint density at radius 3 is 1.88 bits per heavy atom. The van der Waals surface area contributed by atoms with E-state index < -0.39 is 7.82 Å². The fraction of sp³-hybridized carbons (Fsp3) is 0.314. The third-order valence-electron chi connectivity index (χ3n) is 7.60. The summed E-state index contributed by atoms with van der Waals surface area (Å²) in [6.45, 7) is 6.90. The first kappa shape index (κ1) is 30.7. The molecule has 0 saturated carbocycles. The molecule has 216 valence electrons. The number of phosphoric acid groups is 1. The van der Waals surface area contributed by atoms with Crippen molar-refractivity contribution in [2.24, 2.45) is 5.92 Å². The van der Waals surface area contributed by atoms with Gasteiger partial charge in [0, 0.05) is 18.9 Å². The van der Waals surface area contributed by atoms with Gasteiger partial charge >= 0.3 is 7.82 Å². The summed E-state index contributed by atoms with van der Waals surface area (Å²) in [4.78, 5) is 9.59. The molecule has 4 rings (SSSR count). The van der Waals surface area contributed by atoms with Crippen molar-refractivity contribution in [2.45, 2.75) is 45.4 Å². The molecule has 0 aliphatic heterocycles. The Hall–Kier alpha value is -3.21. The second kappa shape index (κ2) is 14.6. The second-order valence-corrected chi connectivity index (χ2v) is 12.2. The van der Waals surface area contributed by atoms with Crippen LogP contribution in [-0.2, 0) is 26.5 Å². The van der Waals surface area contributed by atoms with Crippen molar-refractivity contribution < 1.29 is 23.2 Å². The molecule has 0 aromatic heterocycles. The fourth-order valence-electron chi connectivity index (χ4n) is 5.50. The maximum atomic E-state index is 11.7. The van der Waals surface area contributed by atoms with Crippen molar-refractivity contribution in [1.29, 1.82) is 0 Å². The number of ether oxygens (including phenoxy) is 1. The van der Waals surface area contributed by atoms with E-state index >= 15 is 0 Å². The number of benzene rings is 4. The number of hydrogen-bond donors (Lipinski definition) is 1. The Labute approximate surface area is 244 Å². The molecule has 6 heteroatoms. The van der Waals surface area contributed by atoms with Crippen molar-refractivity contribution in [3.63, 3.8) is 0 Å². The molecule has 4 unspecified atom stereocenters. The average Bonchev–Trinajstić information content (AvgIpc) is 2.99. The maximum absolute atomic E-state index is 11.7. The largest absolute Gasteiger partial charge is 0.491 e. The molecule has 0 spiro atoms. The third-order valence-corrected chi connectivity index (χ3v) is 8.57. The number of rotatable bonds is 14. The average molecular weight is 573 g/mol. The Kier molecular flexibility index (Phi) is 11.0. The molecule has 5 nitrogen and oxygen atoms in total. The van der Waals surface area contributed by atoms with Crippen LogP contribution in [0, 0.1) is 5.92 Å². The van der Waals surface area contributed by atoms with Gasteiger partial charge in [-0.15, -0.1) is 0 Å². The SMILES string of the molecule is COP(=O)(O)OCCOc1cc(CC(C)Cc2ccccc2)c(C(C)c2ccccc2)c(C(C)c2ccccc2)c1. The first-order valence-electron chi connectivity index (χ1n) is 14.2. The van der Waals surface area contributed by atoms with Crippen molar-refractivity contribution in [3.05, 3.63) is 137 Å². The highest BCUT2D eigenvalue weighted by atomic mass is 31.2. The first-order valence-corrected chi connectivity index (χ1v) is 15.7. The van der Waals surface area contributed by atoms with Crippen LogP contribution < -0.4 is 4.74 Å². The van der Waals surface area contributed by atoms with E-state index in [1.54, 1.807) is 0 Å². The molecule has 4 aromatic carbocycles. The zero-order chi connectivity index (χ0) is 29.2. The third kappa shape index (κ3) is 8.64. The van der Waals surface area contributed by atoms with Crippen LogP contribution in [0.1, 0.15) is 66.0 Å². The van der Waals surface area contributed by atoms with Crippen LogP contribution in [0.25, 0.3) is 0 Å². The highest BCUT2D eigenvalue weighted by Crippen LogP contribution is 2.42. The number of phosphoric ester groups is 1. The normalized spacial score (nSPS) is 15.0. The Morgan fingerprint density at radius 2 is 1.29 bits per heavy atom. The Balaban J connectivity index is 1.75. The van der Waals surface area contributed by atoms with E-state index in [0.29, 0.717) is 5.92 Å². The van der Waals surface area contributed by atoms with E-state index in [-0.39, 0.29) is 25.0 Å². The highest BCUT2D eigenvalue weighted by molar-refractivity contribution is 7.47. The van der Waals surface area contributed by atoms with Crippen LogP contribution in [-0.4, -0.2) is 25.2 Å². The smallest absolute Gasteiger partial charge is 0.472 e. The predicted molar refractivity (Wildman–Crippen MR) is 166 cm³/mol. The van der Waals surface area contributed by atoms with Gasteiger partial charge in [0.05, 0.1) is 6.61 Å². The molecule has 0 fully saturated rings. The molecule has 0 aliphatic carbocycles. The van der Waals surface area contributed by atoms with Crippen molar-refractivity contribution in [2.75, 3.05) is 20.3 Å². The van der Waals surface area contributed by atoms with Crippen LogP contribution in [0.2, 0.25) is 0 Å². The van der Waals surface area contributed by atoms with Gasteiger partial charge in [-0.25, -0.2) is 4.57 Å². The number of hydrogen-bond acceptors (Lipinski definition) is 4. The van der Waals surface area contributed by atoms with Crippen molar-refractivity contribution in [3.8, 4) is 5.75 Å². The minimum atomic E-state index is -4.06. The lowest BCUT2D eigenvalue weighted by atomic mass is 9.78. The fourth-order valence-corrected chi connectivity index (χ4v) is 5.92. The first-order chi connectivity index (χ1) is 19.8. The van der Waals surface area contributed by atoms with Gasteiger partial charge in [-0.1, -0.05) is 112 Å².